The summed E-state index contributed by atoms with van der Waals surface area (Å²) in [7, 11) is 3.15. The summed E-state index contributed by atoms with van der Waals surface area (Å²) in [6.07, 6.45) is 5.87. The molecule has 3 aliphatic rings. The van der Waals surface area contributed by atoms with E-state index in [4.69, 9.17) is 14.2 Å². The summed E-state index contributed by atoms with van der Waals surface area (Å²) in [5, 5.41) is 0. The summed E-state index contributed by atoms with van der Waals surface area (Å²) < 4.78 is 16.7. The van der Waals surface area contributed by atoms with Crippen LogP contribution < -0.4 is 14.4 Å². The molecule has 4 rings (SSSR count). The molecule has 1 spiro atoms. The molecule has 7 heteroatoms. The molecule has 0 unspecified atom stereocenters. The molecular weight excluding hydrogens is 372 g/mol. The van der Waals surface area contributed by atoms with E-state index in [1.54, 1.807) is 31.3 Å². The van der Waals surface area contributed by atoms with Crippen LogP contribution in [-0.2, 0) is 14.3 Å². The van der Waals surface area contributed by atoms with E-state index in [1.165, 1.54) is 6.42 Å². The van der Waals surface area contributed by atoms with Crippen molar-refractivity contribution in [1.82, 2.24) is 4.90 Å². The van der Waals surface area contributed by atoms with E-state index in [0.29, 0.717) is 37.7 Å². The summed E-state index contributed by atoms with van der Waals surface area (Å²) in [5.74, 6) is 0.918. The third kappa shape index (κ3) is 3.92. The maximum atomic E-state index is 13.2. The van der Waals surface area contributed by atoms with E-state index in [-0.39, 0.29) is 29.8 Å². The molecular formula is C22H30N2O5. The second-order valence-corrected chi connectivity index (χ2v) is 8.30. The van der Waals surface area contributed by atoms with Crippen LogP contribution in [0.4, 0.5) is 5.69 Å². The Kier molecular flexibility index (Phi) is 5.67. The predicted molar refractivity (Wildman–Crippen MR) is 108 cm³/mol. The molecule has 0 aromatic heterocycles. The van der Waals surface area contributed by atoms with Crippen molar-refractivity contribution in [1.29, 1.82) is 0 Å². The van der Waals surface area contributed by atoms with Crippen molar-refractivity contribution in [2.24, 2.45) is 5.92 Å². The van der Waals surface area contributed by atoms with Crippen molar-refractivity contribution in [2.75, 3.05) is 45.4 Å². The van der Waals surface area contributed by atoms with Crippen LogP contribution in [0.5, 0.6) is 11.5 Å². The van der Waals surface area contributed by atoms with E-state index >= 15 is 0 Å². The minimum absolute atomic E-state index is 0.0313. The number of amides is 2. The Hall–Kier alpha value is -2.28. The number of ether oxygens (including phenoxy) is 3. The number of morpholine rings is 1. The molecule has 29 heavy (non-hydrogen) atoms. The summed E-state index contributed by atoms with van der Waals surface area (Å²) in [5.41, 5.74) is 0.561. The van der Waals surface area contributed by atoms with E-state index in [9.17, 15) is 9.59 Å². The van der Waals surface area contributed by atoms with Crippen LogP contribution in [0.25, 0.3) is 0 Å². The molecule has 1 atom stereocenters. The van der Waals surface area contributed by atoms with Gasteiger partial charge in [0.05, 0.1) is 32.3 Å². The molecule has 0 radical (unpaired) electrons. The van der Waals surface area contributed by atoms with Crippen LogP contribution in [0.15, 0.2) is 18.2 Å². The van der Waals surface area contributed by atoms with Gasteiger partial charge in [0, 0.05) is 37.8 Å². The maximum Gasteiger partial charge on any atom is 0.228 e. The lowest BCUT2D eigenvalue weighted by Crippen LogP contribution is -2.55. The minimum Gasteiger partial charge on any atom is -0.493 e. The Bertz CT molecular complexity index is 769. The molecule has 3 fully saturated rings. The Morgan fingerprint density at radius 1 is 1.14 bits per heavy atom. The highest BCUT2D eigenvalue weighted by Crippen LogP contribution is 2.37. The van der Waals surface area contributed by atoms with Gasteiger partial charge in [-0.25, -0.2) is 0 Å². The lowest BCUT2D eigenvalue weighted by molar-refractivity contribution is -0.159. The highest BCUT2D eigenvalue weighted by Gasteiger charge is 2.43. The number of methoxy groups -OCH3 is 2. The number of carbonyl (C=O) groups is 2. The van der Waals surface area contributed by atoms with Gasteiger partial charge in [-0.3, -0.25) is 9.59 Å². The zero-order valence-corrected chi connectivity index (χ0v) is 17.3. The van der Waals surface area contributed by atoms with Gasteiger partial charge < -0.3 is 24.0 Å². The van der Waals surface area contributed by atoms with Gasteiger partial charge in [0.2, 0.25) is 11.8 Å². The first-order valence-corrected chi connectivity index (χ1v) is 10.5. The molecule has 2 amide bonds. The van der Waals surface area contributed by atoms with E-state index in [0.717, 1.165) is 31.4 Å². The fourth-order valence-electron chi connectivity index (χ4n) is 4.91. The van der Waals surface area contributed by atoms with Gasteiger partial charge in [0.15, 0.2) is 11.5 Å². The number of carbonyl (C=O) groups excluding carboxylic acids is 2. The molecule has 1 aromatic carbocycles. The van der Waals surface area contributed by atoms with Crippen LogP contribution >= 0.6 is 0 Å². The second-order valence-electron chi connectivity index (χ2n) is 8.30. The largest absolute Gasteiger partial charge is 0.493 e. The van der Waals surface area contributed by atoms with E-state index < -0.39 is 0 Å². The molecule has 1 aliphatic carbocycles. The van der Waals surface area contributed by atoms with Crippen LogP contribution in [0, 0.1) is 5.92 Å². The molecule has 0 bridgehead atoms. The van der Waals surface area contributed by atoms with Crippen LogP contribution in [-0.4, -0.2) is 62.8 Å². The third-order valence-corrected chi connectivity index (χ3v) is 6.48. The monoisotopic (exact) mass is 402 g/mol. The maximum absolute atomic E-state index is 13.2. The number of nitrogens with zero attached hydrogens (tertiary/aromatic N) is 2. The molecule has 0 N–H and O–H groups in total. The first-order chi connectivity index (χ1) is 14.0. The van der Waals surface area contributed by atoms with E-state index in [2.05, 4.69) is 0 Å². The average molecular weight is 402 g/mol. The highest BCUT2D eigenvalue weighted by molar-refractivity contribution is 6.00. The standard InChI is InChI=1S/C22H30N2O5/c1-27-18-7-6-17(13-19(18)28-2)24-14-16(12-20(24)25)21(26)23-10-11-29-22(15-23)8-4-3-5-9-22/h6-7,13,16H,3-5,8-12,14-15H2,1-2H3/t16-/m0/s1. The Labute approximate surface area is 171 Å². The first-order valence-electron chi connectivity index (χ1n) is 10.5. The fourth-order valence-corrected chi connectivity index (χ4v) is 4.91. The summed E-state index contributed by atoms with van der Waals surface area (Å²) in [4.78, 5) is 29.5. The highest BCUT2D eigenvalue weighted by atomic mass is 16.5. The predicted octanol–water partition coefficient (Wildman–Crippen LogP) is 2.62. The second kappa shape index (κ2) is 8.22. The van der Waals surface area contributed by atoms with E-state index in [1.807, 2.05) is 11.0 Å². The third-order valence-electron chi connectivity index (χ3n) is 6.48. The molecule has 1 aromatic rings. The smallest absolute Gasteiger partial charge is 0.228 e. The number of rotatable bonds is 4. The lowest BCUT2D eigenvalue weighted by Gasteiger charge is -2.45. The Morgan fingerprint density at radius 2 is 1.90 bits per heavy atom. The Morgan fingerprint density at radius 3 is 2.62 bits per heavy atom. The first kappa shape index (κ1) is 20.0. The van der Waals surface area contributed by atoms with Crippen LogP contribution in [0.1, 0.15) is 38.5 Å². The zero-order valence-electron chi connectivity index (χ0n) is 17.3. The number of anilines is 1. The van der Waals surface area contributed by atoms with Gasteiger partial charge in [0.1, 0.15) is 0 Å². The van der Waals surface area contributed by atoms with Crippen molar-refractivity contribution in [3.8, 4) is 11.5 Å². The average Bonchev–Trinajstić information content (AvgIpc) is 3.14. The number of hydrogen-bond acceptors (Lipinski definition) is 5. The van der Waals surface area contributed by atoms with Gasteiger partial charge in [0.25, 0.3) is 0 Å². The molecule has 2 aliphatic heterocycles. The van der Waals surface area contributed by atoms with Gasteiger partial charge in [-0.2, -0.15) is 0 Å². The van der Waals surface area contributed by atoms with Crippen LogP contribution in [0.3, 0.4) is 0 Å². The fraction of sp³-hybridized carbons (Fsp3) is 0.636. The van der Waals surface area contributed by atoms with Crippen molar-refractivity contribution in [3.05, 3.63) is 18.2 Å². The molecule has 2 saturated heterocycles. The van der Waals surface area contributed by atoms with Gasteiger partial charge in [-0.05, 0) is 25.0 Å². The lowest BCUT2D eigenvalue weighted by atomic mass is 9.83. The minimum atomic E-state index is -0.311. The molecule has 7 nitrogen and oxygen atoms in total. The molecule has 2 heterocycles. The summed E-state index contributed by atoms with van der Waals surface area (Å²) in [6, 6.07) is 5.40. The Balaban J connectivity index is 1.45. The van der Waals surface area contributed by atoms with Crippen LogP contribution in [0.2, 0.25) is 0 Å². The van der Waals surface area contributed by atoms with Crippen molar-refractivity contribution < 1.29 is 23.8 Å². The zero-order chi connectivity index (χ0) is 20.4. The van der Waals surface area contributed by atoms with Gasteiger partial charge in [-0.1, -0.05) is 19.3 Å². The quantitative estimate of drug-likeness (QED) is 0.774. The normalized spacial score (nSPS) is 24.1. The van der Waals surface area contributed by atoms with Crippen molar-refractivity contribution in [3.63, 3.8) is 0 Å². The van der Waals surface area contributed by atoms with Gasteiger partial charge >= 0.3 is 0 Å². The number of benzene rings is 1. The number of hydrogen-bond donors (Lipinski definition) is 0. The topological polar surface area (TPSA) is 68.3 Å². The van der Waals surface area contributed by atoms with Crippen molar-refractivity contribution >= 4 is 17.5 Å². The SMILES string of the molecule is COc1ccc(N2C[C@@H](C(=O)N3CCOC4(CCCCC4)C3)CC2=O)cc1OC. The van der Waals surface area contributed by atoms with Gasteiger partial charge in [-0.15, -0.1) is 0 Å². The molecule has 158 valence electrons. The molecule has 1 saturated carbocycles. The summed E-state index contributed by atoms with van der Waals surface area (Å²) in [6.45, 7) is 2.26. The van der Waals surface area contributed by atoms with Crippen molar-refractivity contribution in [2.45, 2.75) is 44.1 Å². The summed E-state index contributed by atoms with van der Waals surface area (Å²) >= 11 is 0.